The molecule has 1 aromatic rings. The maximum Gasteiger partial charge on any atom is 0.244 e. The third kappa shape index (κ3) is 3.55. The monoisotopic (exact) mass is 308 g/mol. The van der Waals surface area contributed by atoms with Crippen LogP contribution in [0.2, 0.25) is 0 Å². The fraction of sp³-hybridized carbons (Fsp3) is 0.357. The molecule has 0 saturated carbocycles. The van der Waals surface area contributed by atoms with Crippen molar-refractivity contribution in [3.8, 4) is 5.75 Å². The van der Waals surface area contributed by atoms with E-state index in [0.717, 1.165) is 4.90 Å². The van der Waals surface area contributed by atoms with Crippen LogP contribution in [-0.4, -0.2) is 47.3 Å². The van der Waals surface area contributed by atoms with Gasteiger partial charge in [0.1, 0.15) is 12.3 Å². The number of methoxy groups -OCH3 is 1. The number of rotatable bonds is 4. The maximum absolute atomic E-state index is 12.0. The number of thioether (sulfide) groups is 1. The lowest BCUT2D eigenvalue weighted by molar-refractivity contribution is -0.145. The molecule has 1 aliphatic heterocycles. The third-order valence-corrected chi connectivity index (χ3v) is 4.17. The van der Waals surface area contributed by atoms with Gasteiger partial charge in [-0.1, -0.05) is 12.1 Å². The van der Waals surface area contributed by atoms with Crippen molar-refractivity contribution in [1.82, 2.24) is 4.90 Å². The second kappa shape index (κ2) is 6.62. The number of nitrogens with zero attached hydrogens (tertiary/aromatic N) is 1. The van der Waals surface area contributed by atoms with Crippen LogP contribution in [0.3, 0.4) is 0 Å². The smallest absolute Gasteiger partial charge is 0.244 e. The highest BCUT2D eigenvalue weighted by molar-refractivity contribution is 8.01. The summed E-state index contributed by atoms with van der Waals surface area (Å²) in [4.78, 5) is 36.7. The van der Waals surface area contributed by atoms with E-state index in [-0.39, 0.29) is 29.4 Å². The molecule has 2 rings (SSSR count). The third-order valence-electron chi connectivity index (χ3n) is 3.05. The van der Waals surface area contributed by atoms with Crippen LogP contribution in [0.4, 0.5) is 5.69 Å². The zero-order valence-corrected chi connectivity index (χ0v) is 12.6. The molecular weight excluding hydrogens is 292 g/mol. The van der Waals surface area contributed by atoms with E-state index in [1.807, 2.05) is 0 Å². The standard InChI is InChI=1S/C14H16N2O4S/c1-9-14(19)16(13(18)8-21-9)7-12(17)15-10-5-3-4-6-11(10)20-2/h3-6,9H,7-8H2,1-2H3,(H,15,17)/t9-/m0/s1. The van der Waals surface area contributed by atoms with E-state index in [0.29, 0.717) is 11.4 Å². The molecule has 1 atom stereocenters. The van der Waals surface area contributed by atoms with Crippen LogP contribution >= 0.6 is 11.8 Å². The van der Waals surface area contributed by atoms with Crippen molar-refractivity contribution < 1.29 is 19.1 Å². The number of carbonyl (C=O) groups is 3. The number of amides is 3. The second-order valence-corrected chi connectivity index (χ2v) is 5.85. The van der Waals surface area contributed by atoms with Crippen LogP contribution in [0.15, 0.2) is 24.3 Å². The first-order valence-corrected chi connectivity index (χ1v) is 7.46. The summed E-state index contributed by atoms with van der Waals surface area (Å²) in [7, 11) is 1.50. The van der Waals surface area contributed by atoms with Crippen LogP contribution in [0, 0.1) is 0 Å². The first-order valence-electron chi connectivity index (χ1n) is 6.41. The van der Waals surface area contributed by atoms with Gasteiger partial charge in [0, 0.05) is 0 Å². The molecule has 0 radical (unpaired) electrons. The number of hydrogen-bond donors (Lipinski definition) is 1. The van der Waals surface area contributed by atoms with Gasteiger partial charge < -0.3 is 10.1 Å². The minimum absolute atomic E-state index is 0.217. The summed E-state index contributed by atoms with van der Waals surface area (Å²) in [5, 5.41) is 2.34. The van der Waals surface area contributed by atoms with Gasteiger partial charge in [0.05, 0.1) is 23.8 Å². The molecule has 1 N–H and O–H groups in total. The summed E-state index contributed by atoms with van der Waals surface area (Å²) < 4.78 is 5.13. The summed E-state index contributed by atoms with van der Waals surface area (Å²) >= 11 is 1.28. The van der Waals surface area contributed by atoms with Gasteiger partial charge in [-0.15, -0.1) is 11.8 Å². The molecular formula is C14H16N2O4S. The van der Waals surface area contributed by atoms with E-state index in [2.05, 4.69) is 5.32 Å². The van der Waals surface area contributed by atoms with Crippen LogP contribution in [-0.2, 0) is 14.4 Å². The summed E-state index contributed by atoms with van der Waals surface area (Å²) in [5.41, 5.74) is 0.504. The van der Waals surface area contributed by atoms with E-state index in [9.17, 15) is 14.4 Å². The van der Waals surface area contributed by atoms with Gasteiger partial charge in [-0.3, -0.25) is 19.3 Å². The Hall–Kier alpha value is -2.02. The van der Waals surface area contributed by atoms with Crippen molar-refractivity contribution in [2.24, 2.45) is 0 Å². The number of benzene rings is 1. The average molecular weight is 308 g/mol. The Morgan fingerprint density at radius 3 is 2.86 bits per heavy atom. The lowest BCUT2D eigenvalue weighted by atomic mass is 10.3. The highest BCUT2D eigenvalue weighted by Crippen LogP contribution is 2.23. The molecule has 0 bridgehead atoms. The minimum atomic E-state index is -0.430. The first kappa shape index (κ1) is 15.4. The van der Waals surface area contributed by atoms with E-state index in [1.54, 1.807) is 31.2 Å². The molecule has 112 valence electrons. The Kier molecular flexibility index (Phi) is 4.85. The van der Waals surface area contributed by atoms with Gasteiger partial charge in [0.15, 0.2) is 0 Å². The molecule has 1 aliphatic rings. The normalized spacial score (nSPS) is 18.6. The van der Waals surface area contributed by atoms with E-state index < -0.39 is 5.91 Å². The fourth-order valence-corrected chi connectivity index (χ4v) is 2.75. The Morgan fingerprint density at radius 1 is 1.43 bits per heavy atom. The van der Waals surface area contributed by atoms with Crippen molar-refractivity contribution in [3.63, 3.8) is 0 Å². The number of ether oxygens (including phenoxy) is 1. The molecule has 21 heavy (non-hydrogen) atoms. The van der Waals surface area contributed by atoms with E-state index in [1.165, 1.54) is 18.9 Å². The summed E-state index contributed by atoms with van der Waals surface area (Å²) in [6.45, 7) is 1.45. The Morgan fingerprint density at radius 2 is 2.14 bits per heavy atom. The Balaban J connectivity index is 2.04. The van der Waals surface area contributed by atoms with Crippen LogP contribution in [0.25, 0.3) is 0 Å². The number of imide groups is 1. The summed E-state index contributed by atoms with van der Waals surface area (Å²) in [5.74, 6) is -0.356. The topological polar surface area (TPSA) is 75.7 Å². The molecule has 7 heteroatoms. The van der Waals surface area contributed by atoms with Gasteiger partial charge >= 0.3 is 0 Å². The van der Waals surface area contributed by atoms with Gasteiger partial charge in [-0.2, -0.15) is 0 Å². The zero-order chi connectivity index (χ0) is 15.4. The van der Waals surface area contributed by atoms with Gasteiger partial charge in [0.25, 0.3) is 0 Å². The first-order chi connectivity index (χ1) is 10.0. The second-order valence-electron chi connectivity index (χ2n) is 4.52. The van der Waals surface area contributed by atoms with Gasteiger partial charge in [-0.05, 0) is 19.1 Å². The van der Waals surface area contributed by atoms with E-state index >= 15 is 0 Å². The van der Waals surface area contributed by atoms with Crippen molar-refractivity contribution >= 4 is 35.2 Å². The molecule has 6 nitrogen and oxygen atoms in total. The Labute approximate surface area is 126 Å². The van der Waals surface area contributed by atoms with Gasteiger partial charge in [0.2, 0.25) is 17.7 Å². The lowest BCUT2D eigenvalue weighted by Gasteiger charge is -2.27. The zero-order valence-electron chi connectivity index (χ0n) is 11.8. The van der Waals surface area contributed by atoms with Crippen molar-refractivity contribution in [3.05, 3.63) is 24.3 Å². The largest absolute Gasteiger partial charge is 0.495 e. The molecule has 1 heterocycles. The summed E-state index contributed by atoms with van der Waals surface area (Å²) in [6.07, 6.45) is 0. The SMILES string of the molecule is COc1ccccc1NC(=O)CN1C(=O)CS[C@@H](C)C1=O. The highest BCUT2D eigenvalue weighted by atomic mass is 32.2. The predicted molar refractivity (Wildman–Crippen MR) is 80.3 cm³/mol. The average Bonchev–Trinajstić information content (AvgIpc) is 2.48. The van der Waals surface area contributed by atoms with E-state index in [4.69, 9.17) is 4.74 Å². The Bertz CT molecular complexity index is 576. The molecule has 1 saturated heterocycles. The molecule has 0 spiro atoms. The number of para-hydroxylation sites is 2. The minimum Gasteiger partial charge on any atom is -0.495 e. The highest BCUT2D eigenvalue weighted by Gasteiger charge is 2.33. The van der Waals surface area contributed by atoms with Crippen LogP contribution < -0.4 is 10.1 Å². The van der Waals surface area contributed by atoms with Crippen LogP contribution in [0.5, 0.6) is 5.75 Å². The van der Waals surface area contributed by atoms with Crippen molar-refractivity contribution in [1.29, 1.82) is 0 Å². The predicted octanol–water partition coefficient (Wildman–Crippen LogP) is 1.12. The molecule has 0 aliphatic carbocycles. The molecule has 0 unspecified atom stereocenters. The molecule has 1 aromatic carbocycles. The number of hydrogen-bond acceptors (Lipinski definition) is 5. The summed E-state index contributed by atoms with van der Waals surface area (Å²) in [6, 6.07) is 6.94. The lowest BCUT2D eigenvalue weighted by Crippen LogP contribution is -2.49. The van der Waals surface area contributed by atoms with Crippen LogP contribution in [0.1, 0.15) is 6.92 Å². The number of nitrogens with one attached hydrogen (secondary N) is 1. The van der Waals surface area contributed by atoms with Crippen molar-refractivity contribution in [2.75, 3.05) is 24.7 Å². The number of anilines is 1. The molecule has 3 amide bonds. The quantitative estimate of drug-likeness (QED) is 0.844. The molecule has 0 aromatic heterocycles. The fourth-order valence-electron chi connectivity index (χ4n) is 1.94. The maximum atomic E-state index is 12.0. The van der Waals surface area contributed by atoms with Gasteiger partial charge in [-0.25, -0.2) is 0 Å². The number of carbonyl (C=O) groups excluding carboxylic acids is 3. The van der Waals surface area contributed by atoms with Crippen molar-refractivity contribution in [2.45, 2.75) is 12.2 Å². The molecule has 1 fully saturated rings.